The molecule has 0 aliphatic carbocycles. The first kappa shape index (κ1) is 12.2. The van der Waals surface area contributed by atoms with Crippen molar-refractivity contribution in [2.45, 2.75) is 13.3 Å². The second-order valence-electron chi connectivity index (χ2n) is 4.74. The van der Waals surface area contributed by atoms with Gasteiger partial charge in [-0.2, -0.15) is 0 Å². The zero-order valence-corrected chi connectivity index (χ0v) is 11.5. The lowest BCUT2D eigenvalue weighted by Crippen LogP contribution is -2.20. The molecule has 0 saturated heterocycles. The predicted molar refractivity (Wildman–Crippen MR) is 76.5 cm³/mol. The molecular formula is C15H13ClN2O. The summed E-state index contributed by atoms with van der Waals surface area (Å²) in [6, 6.07) is 5.87. The van der Waals surface area contributed by atoms with Crippen LogP contribution >= 0.6 is 11.6 Å². The van der Waals surface area contributed by atoms with Crippen molar-refractivity contribution in [3.8, 4) is 11.1 Å². The minimum absolute atomic E-state index is 0.0805. The summed E-state index contributed by atoms with van der Waals surface area (Å²) in [4.78, 5) is 17.6. The highest BCUT2D eigenvalue weighted by molar-refractivity contribution is 6.35. The molecule has 1 amide bonds. The third kappa shape index (κ3) is 1.81. The summed E-state index contributed by atoms with van der Waals surface area (Å²) in [5.41, 5.74) is 4.89. The van der Waals surface area contributed by atoms with Crippen molar-refractivity contribution in [3.05, 3.63) is 46.7 Å². The normalized spacial score (nSPS) is 13.8. The highest BCUT2D eigenvalue weighted by Gasteiger charge is 2.27. The Morgan fingerprint density at radius 2 is 2.05 bits per heavy atom. The Bertz CT molecular complexity index is 682. The van der Waals surface area contributed by atoms with Crippen LogP contribution in [-0.2, 0) is 11.2 Å². The molecule has 1 aromatic heterocycles. The molecule has 0 bridgehead atoms. The molecule has 2 heterocycles. The summed E-state index contributed by atoms with van der Waals surface area (Å²) >= 11 is 6.48. The van der Waals surface area contributed by atoms with E-state index in [4.69, 9.17) is 11.6 Å². The fourth-order valence-electron chi connectivity index (χ4n) is 2.45. The molecule has 1 aliphatic heterocycles. The average Bonchev–Trinajstić information content (AvgIpc) is 2.69. The van der Waals surface area contributed by atoms with Crippen LogP contribution in [0.5, 0.6) is 0 Å². The summed E-state index contributed by atoms with van der Waals surface area (Å²) in [5.74, 6) is 0.0805. The van der Waals surface area contributed by atoms with Crippen LogP contribution in [0.3, 0.4) is 0 Å². The van der Waals surface area contributed by atoms with Crippen LogP contribution in [0.4, 0.5) is 5.69 Å². The maximum absolute atomic E-state index is 11.8. The second-order valence-corrected chi connectivity index (χ2v) is 5.12. The van der Waals surface area contributed by atoms with Crippen molar-refractivity contribution in [1.29, 1.82) is 0 Å². The Hall–Kier alpha value is -1.87. The van der Waals surface area contributed by atoms with Crippen molar-refractivity contribution < 1.29 is 4.79 Å². The highest BCUT2D eigenvalue weighted by atomic mass is 35.5. The molecule has 0 radical (unpaired) electrons. The van der Waals surface area contributed by atoms with Crippen molar-refractivity contribution in [2.75, 3.05) is 11.9 Å². The number of aromatic nitrogens is 1. The molecule has 2 aromatic rings. The molecule has 0 atom stereocenters. The third-order valence-corrected chi connectivity index (χ3v) is 4.04. The van der Waals surface area contributed by atoms with Crippen molar-refractivity contribution in [2.24, 2.45) is 0 Å². The van der Waals surface area contributed by atoms with E-state index in [9.17, 15) is 4.79 Å². The fraction of sp³-hybridized carbons (Fsp3) is 0.200. The molecule has 1 aliphatic rings. The minimum Gasteiger partial charge on any atom is -0.315 e. The van der Waals surface area contributed by atoms with E-state index in [0.717, 1.165) is 27.9 Å². The first-order valence-electron chi connectivity index (χ1n) is 6.08. The van der Waals surface area contributed by atoms with Crippen LogP contribution in [0.2, 0.25) is 5.02 Å². The van der Waals surface area contributed by atoms with Crippen molar-refractivity contribution in [3.63, 3.8) is 0 Å². The average molecular weight is 273 g/mol. The molecule has 1 aromatic carbocycles. The van der Waals surface area contributed by atoms with Gasteiger partial charge in [0.25, 0.3) is 0 Å². The minimum atomic E-state index is 0.0805. The molecular weight excluding hydrogens is 260 g/mol. The van der Waals surface area contributed by atoms with E-state index in [2.05, 4.69) is 4.98 Å². The van der Waals surface area contributed by atoms with Crippen LogP contribution in [0.1, 0.15) is 11.1 Å². The van der Waals surface area contributed by atoms with Gasteiger partial charge in [-0.25, -0.2) is 0 Å². The van der Waals surface area contributed by atoms with Gasteiger partial charge >= 0.3 is 0 Å². The molecule has 4 heteroatoms. The highest BCUT2D eigenvalue weighted by Crippen LogP contribution is 2.40. The maximum atomic E-state index is 11.8. The van der Waals surface area contributed by atoms with Gasteiger partial charge in [-0.1, -0.05) is 17.7 Å². The molecule has 0 fully saturated rings. The zero-order valence-electron chi connectivity index (χ0n) is 10.8. The Morgan fingerprint density at radius 1 is 1.26 bits per heavy atom. The van der Waals surface area contributed by atoms with E-state index in [1.165, 1.54) is 0 Å². The standard InChI is InChI=1S/C15H13ClN2O/c1-9-5-6-17-8-12(9)10-3-4-13-11(15(10)16)7-14(19)18(13)2/h3-6,8H,7H2,1-2H3. The number of rotatable bonds is 1. The Balaban J connectivity index is 2.20. The summed E-state index contributed by atoms with van der Waals surface area (Å²) < 4.78 is 0. The van der Waals surface area contributed by atoms with Crippen molar-refractivity contribution >= 4 is 23.2 Å². The molecule has 0 saturated carbocycles. The molecule has 0 unspecified atom stereocenters. The number of pyridine rings is 1. The van der Waals surface area contributed by atoms with E-state index < -0.39 is 0 Å². The van der Waals surface area contributed by atoms with Crippen LogP contribution in [0.15, 0.2) is 30.6 Å². The van der Waals surface area contributed by atoms with Gasteiger partial charge in [0.15, 0.2) is 0 Å². The molecule has 0 spiro atoms. The lowest BCUT2D eigenvalue weighted by Gasteiger charge is -2.13. The summed E-state index contributed by atoms with van der Waals surface area (Å²) in [5, 5.41) is 0.659. The first-order valence-corrected chi connectivity index (χ1v) is 6.46. The monoisotopic (exact) mass is 272 g/mol. The Kier molecular flexibility index (Phi) is 2.79. The smallest absolute Gasteiger partial charge is 0.231 e. The number of hydrogen-bond donors (Lipinski definition) is 0. The van der Waals surface area contributed by atoms with Crippen LogP contribution < -0.4 is 4.90 Å². The molecule has 0 N–H and O–H groups in total. The van der Waals surface area contributed by atoms with Gasteiger partial charge in [-0.05, 0) is 24.6 Å². The summed E-state index contributed by atoms with van der Waals surface area (Å²) in [6.07, 6.45) is 3.94. The molecule has 3 nitrogen and oxygen atoms in total. The number of nitrogens with zero attached hydrogens (tertiary/aromatic N) is 2. The number of carbonyl (C=O) groups is 1. The number of likely N-dealkylation sites (N-methyl/N-ethyl adjacent to an activating group) is 1. The number of aryl methyl sites for hydroxylation is 1. The second kappa shape index (κ2) is 4.35. The van der Waals surface area contributed by atoms with Gasteiger partial charge in [0.05, 0.1) is 11.4 Å². The number of fused-ring (bicyclic) bond motifs is 1. The third-order valence-electron chi connectivity index (χ3n) is 3.61. The lowest BCUT2D eigenvalue weighted by molar-refractivity contribution is -0.117. The number of amides is 1. The van der Waals surface area contributed by atoms with Gasteiger partial charge in [-0.15, -0.1) is 0 Å². The van der Waals surface area contributed by atoms with E-state index in [0.29, 0.717) is 11.4 Å². The number of halogens is 1. The number of anilines is 1. The first-order chi connectivity index (χ1) is 9.09. The van der Waals surface area contributed by atoms with E-state index in [1.54, 1.807) is 18.1 Å². The van der Waals surface area contributed by atoms with Crippen LogP contribution in [-0.4, -0.2) is 17.9 Å². The van der Waals surface area contributed by atoms with E-state index in [-0.39, 0.29) is 5.91 Å². The SMILES string of the molecule is Cc1ccncc1-c1ccc2c(c1Cl)CC(=O)N2C. The van der Waals surface area contributed by atoms with Crippen molar-refractivity contribution in [1.82, 2.24) is 4.98 Å². The molecule has 19 heavy (non-hydrogen) atoms. The topological polar surface area (TPSA) is 33.2 Å². The number of benzene rings is 1. The number of carbonyl (C=O) groups excluding carboxylic acids is 1. The quantitative estimate of drug-likeness (QED) is 0.798. The largest absolute Gasteiger partial charge is 0.315 e. The van der Waals surface area contributed by atoms with Gasteiger partial charge in [0, 0.05) is 41.8 Å². The van der Waals surface area contributed by atoms with Gasteiger partial charge < -0.3 is 4.90 Å². The molecule has 3 rings (SSSR count). The fourth-order valence-corrected chi connectivity index (χ4v) is 2.78. The van der Waals surface area contributed by atoms with Gasteiger partial charge in [0.2, 0.25) is 5.91 Å². The predicted octanol–water partition coefficient (Wildman–Crippen LogP) is 3.23. The Morgan fingerprint density at radius 3 is 2.79 bits per heavy atom. The lowest BCUT2D eigenvalue weighted by atomic mass is 9.99. The van der Waals surface area contributed by atoms with E-state index >= 15 is 0 Å². The summed E-state index contributed by atoms with van der Waals surface area (Å²) in [7, 11) is 1.78. The van der Waals surface area contributed by atoms with Crippen LogP contribution in [0.25, 0.3) is 11.1 Å². The van der Waals surface area contributed by atoms with E-state index in [1.807, 2.05) is 31.3 Å². The van der Waals surface area contributed by atoms with Gasteiger partial charge in [-0.3, -0.25) is 9.78 Å². The zero-order chi connectivity index (χ0) is 13.6. The van der Waals surface area contributed by atoms with Crippen LogP contribution in [0, 0.1) is 6.92 Å². The number of hydrogen-bond acceptors (Lipinski definition) is 2. The maximum Gasteiger partial charge on any atom is 0.231 e. The van der Waals surface area contributed by atoms with Gasteiger partial charge in [0.1, 0.15) is 0 Å². The Labute approximate surface area is 116 Å². The molecule has 96 valence electrons. The summed E-state index contributed by atoms with van der Waals surface area (Å²) in [6.45, 7) is 2.03.